The number of methoxy groups -OCH3 is 1. The molecule has 0 radical (unpaired) electrons. The molecule has 0 atom stereocenters. The van der Waals surface area contributed by atoms with Crippen LogP contribution in [-0.4, -0.2) is 60.0 Å². The van der Waals surface area contributed by atoms with Crippen molar-refractivity contribution in [2.75, 3.05) is 38.7 Å². The Morgan fingerprint density at radius 3 is 2.62 bits per heavy atom. The molecule has 0 N–H and O–H groups in total. The fourth-order valence-corrected chi connectivity index (χ4v) is 3.93. The largest absolute Gasteiger partial charge is 0.481 e. The standard InChI is InChI=1S/C22H21BrN4O5/c1-25-8-9-26(17(28)12-25)16-10-15(23)11-27-20(16)24-18(22(30)31-2)19(21(27)29)32-13-14-6-4-3-5-7-14/h3-7,10-11H,8-9,12-13H2,1-2H3. The van der Waals surface area contributed by atoms with Crippen LogP contribution in [-0.2, 0) is 16.1 Å². The van der Waals surface area contributed by atoms with Crippen LogP contribution in [0.3, 0.4) is 0 Å². The topological polar surface area (TPSA) is 93.5 Å². The number of nitrogens with zero attached hydrogens (tertiary/aromatic N) is 4. The third-order valence-electron chi connectivity index (χ3n) is 5.14. The summed E-state index contributed by atoms with van der Waals surface area (Å²) in [5.74, 6) is -1.14. The molecule has 3 aromatic rings. The highest BCUT2D eigenvalue weighted by atomic mass is 79.9. The number of hydrogen-bond acceptors (Lipinski definition) is 7. The molecule has 3 heterocycles. The van der Waals surface area contributed by atoms with Crippen molar-refractivity contribution in [2.45, 2.75) is 6.61 Å². The van der Waals surface area contributed by atoms with Gasteiger partial charge in [-0.15, -0.1) is 0 Å². The predicted octanol–water partition coefficient (Wildman–Crippen LogP) is 2.10. The van der Waals surface area contributed by atoms with Gasteiger partial charge in [-0.25, -0.2) is 9.78 Å². The average Bonchev–Trinajstić information content (AvgIpc) is 2.78. The molecular formula is C22H21BrN4O5. The number of halogens is 1. The van der Waals surface area contributed by atoms with Crippen molar-refractivity contribution in [1.82, 2.24) is 14.3 Å². The van der Waals surface area contributed by atoms with Crippen LogP contribution in [0.4, 0.5) is 5.69 Å². The van der Waals surface area contributed by atoms with Gasteiger partial charge in [0.15, 0.2) is 11.3 Å². The number of ether oxygens (including phenoxy) is 2. The Morgan fingerprint density at radius 1 is 1.19 bits per heavy atom. The van der Waals surface area contributed by atoms with E-state index in [-0.39, 0.29) is 36.1 Å². The maximum atomic E-state index is 13.4. The summed E-state index contributed by atoms with van der Waals surface area (Å²) in [5, 5.41) is 0. The third kappa shape index (κ3) is 4.23. The number of esters is 1. The van der Waals surface area contributed by atoms with E-state index in [4.69, 9.17) is 9.47 Å². The number of fused-ring (bicyclic) bond motifs is 1. The number of amides is 1. The van der Waals surface area contributed by atoms with Crippen LogP contribution < -0.4 is 15.2 Å². The zero-order valence-electron chi connectivity index (χ0n) is 17.6. The van der Waals surface area contributed by atoms with Gasteiger partial charge in [-0.2, -0.15) is 0 Å². The van der Waals surface area contributed by atoms with Gasteiger partial charge in [0.1, 0.15) is 6.61 Å². The fourth-order valence-electron chi connectivity index (χ4n) is 3.51. The van der Waals surface area contributed by atoms with Crippen molar-refractivity contribution in [3.05, 3.63) is 68.7 Å². The van der Waals surface area contributed by atoms with Gasteiger partial charge in [-0.3, -0.25) is 18.9 Å². The van der Waals surface area contributed by atoms with Crippen molar-refractivity contribution in [3.63, 3.8) is 0 Å². The van der Waals surface area contributed by atoms with E-state index in [0.29, 0.717) is 23.2 Å². The summed E-state index contributed by atoms with van der Waals surface area (Å²) in [7, 11) is 3.07. The minimum absolute atomic E-state index is 0.0750. The van der Waals surface area contributed by atoms with E-state index in [1.54, 1.807) is 11.0 Å². The molecule has 1 aliphatic heterocycles. The first-order valence-corrected chi connectivity index (χ1v) is 10.7. The number of anilines is 1. The summed E-state index contributed by atoms with van der Waals surface area (Å²) in [4.78, 5) is 46.4. The highest BCUT2D eigenvalue weighted by molar-refractivity contribution is 9.10. The van der Waals surface area contributed by atoms with Gasteiger partial charge in [0.25, 0.3) is 0 Å². The number of carbonyl (C=O) groups excluding carboxylic acids is 2. The predicted molar refractivity (Wildman–Crippen MR) is 121 cm³/mol. The first-order valence-electron chi connectivity index (χ1n) is 9.89. The Morgan fingerprint density at radius 2 is 1.94 bits per heavy atom. The minimum atomic E-state index is -0.800. The molecule has 1 fully saturated rings. The van der Waals surface area contributed by atoms with Crippen molar-refractivity contribution in [1.29, 1.82) is 0 Å². The average molecular weight is 501 g/mol. The van der Waals surface area contributed by atoms with Gasteiger partial charge in [-0.1, -0.05) is 30.3 Å². The number of pyridine rings is 1. The first-order chi connectivity index (χ1) is 15.4. The molecule has 0 spiro atoms. The number of hydrogen-bond donors (Lipinski definition) is 0. The fraction of sp³-hybridized carbons (Fsp3) is 0.273. The summed E-state index contributed by atoms with van der Waals surface area (Å²) < 4.78 is 12.5. The summed E-state index contributed by atoms with van der Waals surface area (Å²) in [5.41, 5.74) is 0.609. The van der Waals surface area contributed by atoms with Crippen molar-refractivity contribution in [3.8, 4) is 5.75 Å². The van der Waals surface area contributed by atoms with E-state index < -0.39 is 11.5 Å². The van der Waals surface area contributed by atoms with Crippen molar-refractivity contribution < 1.29 is 19.1 Å². The van der Waals surface area contributed by atoms with E-state index in [2.05, 4.69) is 20.9 Å². The molecule has 166 valence electrons. The van der Waals surface area contributed by atoms with Crippen LogP contribution in [0.5, 0.6) is 5.75 Å². The van der Waals surface area contributed by atoms with Crippen molar-refractivity contribution >= 4 is 39.1 Å². The smallest absolute Gasteiger partial charge is 0.360 e. The highest BCUT2D eigenvalue weighted by Crippen LogP contribution is 2.28. The molecule has 1 saturated heterocycles. The summed E-state index contributed by atoms with van der Waals surface area (Å²) >= 11 is 3.41. The number of rotatable bonds is 5. The molecule has 1 aliphatic rings. The molecule has 32 heavy (non-hydrogen) atoms. The van der Waals surface area contributed by atoms with Gasteiger partial charge < -0.3 is 14.4 Å². The van der Waals surface area contributed by atoms with E-state index >= 15 is 0 Å². The number of benzene rings is 1. The van der Waals surface area contributed by atoms with E-state index in [1.807, 2.05) is 42.3 Å². The zero-order chi connectivity index (χ0) is 22.8. The Hall–Kier alpha value is -3.24. The second-order valence-corrected chi connectivity index (χ2v) is 8.30. The van der Waals surface area contributed by atoms with Crippen molar-refractivity contribution in [2.24, 2.45) is 0 Å². The van der Waals surface area contributed by atoms with Crippen LogP contribution in [0.15, 0.2) is 51.9 Å². The molecule has 10 heteroatoms. The van der Waals surface area contributed by atoms with Gasteiger partial charge >= 0.3 is 11.5 Å². The monoisotopic (exact) mass is 500 g/mol. The number of carbonyl (C=O) groups is 2. The molecule has 0 saturated carbocycles. The molecule has 0 bridgehead atoms. The van der Waals surface area contributed by atoms with Gasteiger partial charge in [-0.05, 0) is 34.6 Å². The van der Waals surface area contributed by atoms with Gasteiger partial charge in [0.2, 0.25) is 11.7 Å². The molecule has 1 aromatic carbocycles. The Labute approximate surface area is 192 Å². The lowest BCUT2D eigenvalue weighted by Crippen LogP contribution is -2.49. The van der Waals surface area contributed by atoms with Gasteiger partial charge in [0, 0.05) is 23.8 Å². The molecule has 0 unspecified atom stereocenters. The maximum absolute atomic E-state index is 13.4. The summed E-state index contributed by atoms with van der Waals surface area (Å²) in [6.45, 7) is 1.41. The maximum Gasteiger partial charge on any atom is 0.360 e. The number of likely N-dealkylation sites (N-methyl/N-ethyl adjacent to an activating group) is 1. The second-order valence-electron chi connectivity index (χ2n) is 7.38. The molecule has 1 amide bonds. The minimum Gasteiger partial charge on any atom is -0.481 e. The highest BCUT2D eigenvalue weighted by Gasteiger charge is 2.28. The van der Waals surface area contributed by atoms with Crippen LogP contribution in [0.2, 0.25) is 0 Å². The first kappa shape index (κ1) is 22.0. The number of aromatic nitrogens is 2. The molecule has 9 nitrogen and oxygen atoms in total. The quantitative estimate of drug-likeness (QED) is 0.495. The lowest BCUT2D eigenvalue weighted by atomic mass is 10.2. The Kier molecular flexibility index (Phi) is 6.24. The van der Waals surface area contributed by atoms with Crippen LogP contribution in [0, 0.1) is 0 Å². The zero-order valence-corrected chi connectivity index (χ0v) is 19.2. The normalized spacial score (nSPS) is 14.6. The van der Waals surface area contributed by atoms with Crippen LogP contribution in [0.1, 0.15) is 16.1 Å². The number of piperazine rings is 1. The lowest BCUT2D eigenvalue weighted by Gasteiger charge is -2.32. The van der Waals surface area contributed by atoms with E-state index in [9.17, 15) is 14.4 Å². The van der Waals surface area contributed by atoms with E-state index in [0.717, 1.165) is 5.56 Å². The Balaban J connectivity index is 1.86. The SMILES string of the molecule is COC(=O)c1nc2c(N3CCN(C)CC3=O)cc(Br)cn2c(=O)c1OCc1ccccc1. The molecule has 2 aromatic heterocycles. The summed E-state index contributed by atoms with van der Waals surface area (Å²) in [6, 6.07) is 11.0. The second kappa shape index (κ2) is 9.09. The molecule has 0 aliphatic carbocycles. The van der Waals surface area contributed by atoms with Gasteiger partial charge in [0.05, 0.1) is 19.3 Å². The molecular weight excluding hydrogens is 480 g/mol. The lowest BCUT2D eigenvalue weighted by molar-refractivity contribution is -0.120. The Bertz CT molecular complexity index is 1240. The molecule has 4 rings (SSSR count). The van der Waals surface area contributed by atoms with E-state index in [1.165, 1.54) is 17.7 Å². The third-order valence-corrected chi connectivity index (χ3v) is 5.57. The van der Waals surface area contributed by atoms with Crippen LogP contribution in [0.25, 0.3) is 5.65 Å². The summed E-state index contributed by atoms with van der Waals surface area (Å²) in [6.07, 6.45) is 1.53. The van der Waals surface area contributed by atoms with Crippen LogP contribution >= 0.6 is 15.9 Å².